The third kappa shape index (κ3) is 3.35. The molecule has 0 aromatic heterocycles. The van der Waals surface area contributed by atoms with Gasteiger partial charge in [-0.05, 0) is 0 Å². The fourth-order valence-corrected chi connectivity index (χ4v) is 0.0690. The largest absolute Gasteiger partial charge is 0.311 e. The minimum atomic E-state index is -2.46. The zero-order valence-corrected chi connectivity index (χ0v) is 2.99. The van der Waals surface area contributed by atoms with Crippen molar-refractivity contribution in [3.05, 3.63) is 11.4 Å². The van der Waals surface area contributed by atoms with E-state index in [0.29, 0.717) is 0 Å². The first-order valence-electron chi connectivity index (χ1n) is 1.38. The topological polar surface area (TPSA) is 4.36 Å². The molecule has 0 spiro atoms. The van der Waals surface area contributed by atoms with Gasteiger partial charge in [0.15, 0.2) is 0 Å². The number of hydrogen-bond donors (Lipinski definition) is 0. The van der Waals surface area contributed by atoms with Gasteiger partial charge in [0.1, 0.15) is 0 Å². The molecule has 0 saturated heterocycles. The van der Waals surface area contributed by atoms with E-state index in [1.165, 1.54) is 0 Å². The van der Waals surface area contributed by atoms with Gasteiger partial charge in [-0.3, -0.25) is 0 Å². The van der Waals surface area contributed by atoms with Crippen molar-refractivity contribution in [3.63, 3.8) is 0 Å². The Morgan fingerprint density at radius 1 is 1.67 bits per heavy atom. The Labute approximate surface area is 34.4 Å². The van der Waals surface area contributed by atoms with Crippen LogP contribution in [-0.4, -0.2) is 13.0 Å². The van der Waals surface area contributed by atoms with Gasteiger partial charge in [-0.25, -0.2) is 15.4 Å². The van der Waals surface area contributed by atoms with Gasteiger partial charge in [-0.2, -0.15) is 0 Å². The molecule has 0 rings (SSSR count). The quantitative estimate of drug-likeness (QED) is 0.426. The molecule has 0 aliphatic rings. The van der Waals surface area contributed by atoms with Crippen LogP contribution in [0.25, 0.3) is 4.85 Å². The van der Waals surface area contributed by atoms with E-state index in [4.69, 9.17) is 6.57 Å². The molecule has 0 radical (unpaired) electrons. The fraction of sp³-hybridized carbons (Fsp3) is 0.667. The number of rotatable bonds is 1. The number of halogens is 2. The normalized spacial score (nSPS) is 8.33. The van der Waals surface area contributed by atoms with E-state index in [2.05, 4.69) is 4.85 Å². The molecule has 3 heteroatoms. The van der Waals surface area contributed by atoms with Crippen LogP contribution >= 0.6 is 0 Å². The van der Waals surface area contributed by atoms with Crippen LogP contribution < -0.4 is 0 Å². The highest BCUT2D eigenvalue weighted by Gasteiger charge is 2.01. The second-order valence-electron chi connectivity index (χ2n) is 0.732. The molecule has 0 aliphatic carbocycles. The van der Waals surface area contributed by atoms with Gasteiger partial charge < -0.3 is 4.85 Å². The lowest BCUT2D eigenvalue weighted by Gasteiger charge is -1.77. The van der Waals surface area contributed by atoms with Gasteiger partial charge in [0.2, 0.25) is 0 Å². The Morgan fingerprint density at radius 3 is 2.17 bits per heavy atom. The van der Waals surface area contributed by atoms with Gasteiger partial charge in [0.05, 0.1) is 0 Å². The third-order valence-corrected chi connectivity index (χ3v) is 0.229. The molecule has 0 aliphatic heterocycles. The van der Waals surface area contributed by atoms with Crippen LogP contribution in [0.5, 0.6) is 0 Å². The minimum absolute atomic E-state index is 0.667. The lowest BCUT2D eigenvalue weighted by Crippen LogP contribution is -1.90. The van der Waals surface area contributed by atoms with Crippen molar-refractivity contribution in [1.29, 1.82) is 0 Å². The maximum absolute atomic E-state index is 10.8. The summed E-state index contributed by atoms with van der Waals surface area (Å²) in [7, 11) is 0. The molecule has 0 fully saturated rings. The molecule has 0 unspecified atom stereocenters. The van der Waals surface area contributed by atoms with Gasteiger partial charge in [-0.1, -0.05) is 0 Å². The summed E-state index contributed by atoms with van der Waals surface area (Å²) in [6, 6.07) is 0. The van der Waals surface area contributed by atoms with Gasteiger partial charge in [0, 0.05) is 0 Å². The third-order valence-electron chi connectivity index (χ3n) is 0.229. The number of nitrogens with zero attached hydrogens (tertiary/aromatic N) is 1. The van der Waals surface area contributed by atoms with Gasteiger partial charge in [0.25, 0.3) is 6.54 Å². The highest BCUT2D eigenvalue weighted by atomic mass is 19.3. The van der Waals surface area contributed by atoms with E-state index in [-0.39, 0.29) is 0 Å². The van der Waals surface area contributed by atoms with Crippen LogP contribution in [0, 0.1) is 6.57 Å². The predicted octanol–water partition coefficient (Wildman–Crippen LogP) is 1.17. The van der Waals surface area contributed by atoms with Crippen molar-refractivity contribution < 1.29 is 8.78 Å². The van der Waals surface area contributed by atoms with E-state index in [0.717, 1.165) is 0 Å². The summed E-state index contributed by atoms with van der Waals surface area (Å²) < 4.78 is 21.6. The van der Waals surface area contributed by atoms with E-state index < -0.39 is 13.0 Å². The summed E-state index contributed by atoms with van der Waals surface area (Å²) in [5.74, 6) is 0. The Hall–Kier alpha value is -0.650. The van der Waals surface area contributed by atoms with Crippen molar-refractivity contribution >= 4 is 0 Å². The van der Waals surface area contributed by atoms with Crippen LogP contribution in [0.2, 0.25) is 0 Å². The van der Waals surface area contributed by atoms with Crippen molar-refractivity contribution in [2.45, 2.75) is 6.43 Å². The molecule has 34 valence electrons. The first kappa shape index (κ1) is 5.35. The molecular formula is C3H3F2N. The second-order valence-corrected chi connectivity index (χ2v) is 0.732. The van der Waals surface area contributed by atoms with Gasteiger partial charge in [-0.15, -0.1) is 0 Å². The summed E-state index contributed by atoms with van der Waals surface area (Å²) in [5, 5.41) is 0. The van der Waals surface area contributed by atoms with Crippen molar-refractivity contribution in [3.8, 4) is 0 Å². The summed E-state index contributed by atoms with van der Waals surface area (Å²) in [6.45, 7) is 5.21. The van der Waals surface area contributed by atoms with Crippen molar-refractivity contribution in [1.82, 2.24) is 0 Å². The monoisotopic (exact) mass is 91.0 g/mol. The second kappa shape index (κ2) is 2.58. The highest BCUT2D eigenvalue weighted by molar-refractivity contribution is 4.58. The Morgan fingerprint density at radius 2 is 2.17 bits per heavy atom. The molecule has 0 atom stereocenters. The molecular weight excluding hydrogens is 88.0 g/mol. The molecule has 0 saturated carbocycles. The van der Waals surface area contributed by atoms with E-state index in [1.807, 2.05) is 0 Å². The Balaban J connectivity index is 2.88. The maximum Gasteiger partial charge on any atom is 0.309 e. The van der Waals surface area contributed by atoms with E-state index in [9.17, 15) is 8.78 Å². The van der Waals surface area contributed by atoms with Gasteiger partial charge >= 0.3 is 6.43 Å². The number of hydrogen-bond acceptors (Lipinski definition) is 0. The minimum Gasteiger partial charge on any atom is -0.311 e. The predicted molar refractivity (Wildman–Crippen MR) is 17.5 cm³/mol. The van der Waals surface area contributed by atoms with Crippen molar-refractivity contribution in [2.24, 2.45) is 0 Å². The SMILES string of the molecule is [C-]#[N+]CC(F)F. The molecule has 0 aromatic rings. The average molecular weight is 91.1 g/mol. The molecule has 0 aromatic carbocycles. The first-order chi connectivity index (χ1) is 2.77. The maximum atomic E-state index is 10.8. The molecule has 0 heterocycles. The summed E-state index contributed by atoms with van der Waals surface area (Å²) in [5.41, 5.74) is 0. The molecule has 0 amide bonds. The lowest BCUT2D eigenvalue weighted by atomic mass is 10.7. The first-order valence-corrected chi connectivity index (χ1v) is 1.38. The fourth-order valence-electron chi connectivity index (χ4n) is 0.0690. The molecule has 1 nitrogen and oxygen atoms in total. The summed E-state index contributed by atoms with van der Waals surface area (Å²) in [6.07, 6.45) is -2.46. The smallest absolute Gasteiger partial charge is 0.309 e. The zero-order chi connectivity index (χ0) is 4.99. The molecule has 0 N–H and O–H groups in total. The van der Waals surface area contributed by atoms with Crippen LogP contribution in [0.4, 0.5) is 8.78 Å². The average Bonchev–Trinajstić information content (AvgIpc) is 1.35. The molecule has 6 heavy (non-hydrogen) atoms. The highest BCUT2D eigenvalue weighted by Crippen LogP contribution is 1.89. The number of alkyl halides is 2. The van der Waals surface area contributed by atoms with Crippen LogP contribution in [0.1, 0.15) is 0 Å². The molecule has 0 bridgehead atoms. The van der Waals surface area contributed by atoms with Crippen molar-refractivity contribution in [2.75, 3.05) is 6.54 Å². The van der Waals surface area contributed by atoms with Crippen LogP contribution in [0.3, 0.4) is 0 Å². The summed E-state index contributed by atoms with van der Waals surface area (Å²) >= 11 is 0. The van der Waals surface area contributed by atoms with E-state index >= 15 is 0 Å². The Kier molecular flexibility index (Phi) is 2.30. The van der Waals surface area contributed by atoms with E-state index in [1.54, 1.807) is 0 Å². The standard InChI is InChI=1S/C3H3F2N/c1-6-2-3(4)5/h3H,2H2. The lowest BCUT2D eigenvalue weighted by molar-refractivity contribution is 0.167. The summed E-state index contributed by atoms with van der Waals surface area (Å²) in [4.78, 5) is 2.44. The van der Waals surface area contributed by atoms with Crippen LogP contribution in [0.15, 0.2) is 0 Å². The Bertz CT molecular complexity index is 63.7. The zero-order valence-electron chi connectivity index (χ0n) is 2.99. The van der Waals surface area contributed by atoms with Crippen LogP contribution in [-0.2, 0) is 0 Å².